The van der Waals surface area contributed by atoms with Gasteiger partial charge in [-0.2, -0.15) is 0 Å². The maximum atomic E-state index is 12.9. The van der Waals surface area contributed by atoms with Crippen LogP contribution in [0.1, 0.15) is 15.4 Å². The minimum absolute atomic E-state index is 0.0574. The average Bonchev–Trinajstić information content (AvgIpc) is 3.32. The van der Waals surface area contributed by atoms with Gasteiger partial charge in [-0.05, 0) is 25.1 Å². The van der Waals surface area contributed by atoms with Crippen molar-refractivity contribution >= 4 is 23.2 Å². The fourth-order valence-electron chi connectivity index (χ4n) is 2.86. The van der Waals surface area contributed by atoms with Crippen molar-refractivity contribution in [2.24, 2.45) is 0 Å². The smallest absolute Gasteiger partial charge is 0.266 e. The number of carbonyl (C=O) groups excluding carboxylic acids is 1. The lowest BCUT2D eigenvalue weighted by Gasteiger charge is -2.34. The maximum absolute atomic E-state index is 12.9. The first-order valence-electron chi connectivity index (χ1n) is 8.14. The number of rotatable bonds is 3. The minimum Gasteiger partial charge on any atom is -0.337 e. The van der Waals surface area contributed by atoms with Gasteiger partial charge in [-0.3, -0.25) is 4.79 Å². The molecule has 0 N–H and O–H groups in total. The van der Waals surface area contributed by atoms with Crippen LogP contribution in [-0.4, -0.2) is 56.5 Å². The summed E-state index contributed by atoms with van der Waals surface area (Å²) in [5.74, 6) is 0.778. The molecular formula is C17H18N6OS. The summed E-state index contributed by atoms with van der Waals surface area (Å²) in [7, 11) is 0. The number of hydrogen-bond acceptors (Lipinski definition) is 6. The first-order valence-corrected chi connectivity index (χ1v) is 8.96. The molecule has 1 aliphatic rings. The van der Waals surface area contributed by atoms with Crippen LogP contribution in [0, 0.1) is 6.92 Å². The Bertz CT molecular complexity index is 853. The molecule has 0 unspecified atom stereocenters. The van der Waals surface area contributed by atoms with Gasteiger partial charge in [0.05, 0.1) is 5.69 Å². The van der Waals surface area contributed by atoms with E-state index in [2.05, 4.69) is 19.9 Å². The molecule has 3 aromatic rings. The van der Waals surface area contributed by atoms with Crippen molar-refractivity contribution in [3.8, 4) is 5.13 Å². The Morgan fingerprint density at radius 2 is 1.72 bits per heavy atom. The van der Waals surface area contributed by atoms with Crippen molar-refractivity contribution in [3.05, 3.63) is 53.6 Å². The van der Waals surface area contributed by atoms with Gasteiger partial charge in [0.15, 0.2) is 5.13 Å². The van der Waals surface area contributed by atoms with Gasteiger partial charge >= 0.3 is 0 Å². The zero-order chi connectivity index (χ0) is 17.2. The standard InChI is InChI=1S/C17H18N6OS/c1-13-14(25-17(20-13)23-7-2-3-8-23)15(24)21-9-11-22(12-10-21)16-18-5-4-6-19-16/h2-8H,9-12H2,1H3. The summed E-state index contributed by atoms with van der Waals surface area (Å²) in [5, 5.41) is 0.821. The maximum Gasteiger partial charge on any atom is 0.266 e. The van der Waals surface area contributed by atoms with Gasteiger partial charge in [-0.1, -0.05) is 11.3 Å². The second-order valence-electron chi connectivity index (χ2n) is 5.83. The van der Waals surface area contributed by atoms with E-state index in [0.717, 1.165) is 29.9 Å². The first kappa shape index (κ1) is 15.8. The van der Waals surface area contributed by atoms with E-state index in [1.165, 1.54) is 11.3 Å². The molecule has 0 saturated carbocycles. The highest BCUT2D eigenvalue weighted by Gasteiger charge is 2.26. The predicted octanol–water partition coefficient (Wildman–Crippen LogP) is 1.99. The molecule has 0 radical (unpaired) electrons. The van der Waals surface area contributed by atoms with Gasteiger partial charge in [0.25, 0.3) is 5.91 Å². The fourth-order valence-corrected chi connectivity index (χ4v) is 3.86. The molecular weight excluding hydrogens is 336 g/mol. The number of anilines is 1. The third kappa shape index (κ3) is 3.12. The van der Waals surface area contributed by atoms with E-state index in [1.54, 1.807) is 18.5 Å². The van der Waals surface area contributed by atoms with Crippen LogP contribution in [-0.2, 0) is 0 Å². The molecule has 0 atom stereocenters. The summed E-state index contributed by atoms with van der Waals surface area (Å²) in [6.07, 6.45) is 7.35. The SMILES string of the molecule is Cc1nc(-n2cccc2)sc1C(=O)N1CCN(c2ncccn2)CC1. The van der Waals surface area contributed by atoms with Crippen molar-refractivity contribution in [2.75, 3.05) is 31.1 Å². The van der Waals surface area contributed by atoms with E-state index in [-0.39, 0.29) is 5.91 Å². The summed E-state index contributed by atoms with van der Waals surface area (Å²) in [6.45, 7) is 4.68. The largest absolute Gasteiger partial charge is 0.337 e. The van der Waals surface area contributed by atoms with Gasteiger partial charge in [-0.25, -0.2) is 15.0 Å². The molecule has 7 nitrogen and oxygen atoms in total. The second-order valence-corrected chi connectivity index (χ2v) is 6.81. The summed E-state index contributed by atoms with van der Waals surface area (Å²) < 4.78 is 1.93. The predicted molar refractivity (Wildman–Crippen MR) is 96.3 cm³/mol. The van der Waals surface area contributed by atoms with Crippen LogP contribution in [0.3, 0.4) is 0 Å². The molecule has 0 bridgehead atoms. The lowest BCUT2D eigenvalue weighted by atomic mass is 10.3. The molecule has 4 rings (SSSR count). The molecule has 0 aliphatic carbocycles. The monoisotopic (exact) mass is 354 g/mol. The van der Waals surface area contributed by atoms with Crippen LogP contribution in [0.4, 0.5) is 5.95 Å². The number of amides is 1. The number of thiazole rings is 1. The Kier molecular flexibility index (Phi) is 4.19. The Hall–Kier alpha value is -2.74. The summed E-state index contributed by atoms with van der Waals surface area (Å²) in [5.41, 5.74) is 0.785. The second kappa shape index (κ2) is 6.64. The van der Waals surface area contributed by atoms with Gasteiger partial charge in [0.1, 0.15) is 4.88 Å². The molecule has 4 heterocycles. The number of carbonyl (C=O) groups is 1. The van der Waals surface area contributed by atoms with E-state index in [1.807, 2.05) is 40.9 Å². The molecule has 1 aliphatic heterocycles. The topological polar surface area (TPSA) is 67.2 Å². The number of aryl methyl sites for hydroxylation is 1. The lowest BCUT2D eigenvalue weighted by molar-refractivity contribution is 0.0750. The van der Waals surface area contributed by atoms with E-state index in [9.17, 15) is 4.79 Å². The van der Waals surface area contributed by atoms with E-state index in [4.69, 9.17) is 0 Å². The van der Waals surface area contributed by atoms with E-state index in [0.29, 0.717) is 18.0 Å². The van der Waals surface area contributed by atoms with Crippen LogP contribution >= 0.6 is 11.3 Å². The molecule has 0 spiro atoms. The zero-order valence-corrected chi connectivity index (χ0v) is 14.7. The first-order chi connectivity index (χ1) is 12.2. The molecule has 128 valence electrons. The van der Waals surface area contributed by atoms with Gasteiger partial charge in [-0.15, -0.1) is 0 Å². The average molecular weight is 354 g/mol. The number of aromatic nitrogens is 4. The fraction of sp³-hybridized carbons (Fsp3) is 0.294. The van der Waals surface area contributed by atoms with Crippen molar-refractivity contribution in [1.82, 2.24) is 24.4 Å². The van der Waals surface area contributed by atoms with Gasteiger partial charge in [0, 0.05) is 51.0 Å². The van der Waals surface area contributed by atoms with Gasteiger partial charge < -0.3 is 14.4 Å². The molecule has 1 amide bonds. The van der Waals surface area contributed by atoms with Crippen molar-refractivity contribution < 1.29 is 4.79 Å². The highest BCUT2D eigenvalue weighted by molar-refractivity contribution is 7.16. The van der Waals surface area contributed by atoms with Crippen LogP contribution in [0.25, 0.3) is 5.13 Å². The molecule has 1 saturated heterocycles. The van der Waals surface area contributed by atoms with Crippen LogP contribution in [0.5, 0.6) is 0 Å². The van der Waals surface area contributed by atoms with E-state index < -0.39 is 0 Å². The normalized spacial score (nSPS) is 14.8. The van der Waals surface area contributed by atoms with Crippen molar-refractivity contribution in [1.29, 1.82) is 0 Å². The van der Waals surface area contributed by atoms with Crippen molar-refractivity contribution in [2.45, 2.75) is 6.92 Å². The Balaban J connectivity index is 1.46. The number of hydrogen-bond donors (Lipinski definition) is 0. The lowest BCUT2D eigenvalue weighted by Crippen LogP contribution is -2.49. The Labute approximate surface area is 149 Å². The zero-order valence-electron chi connectivity index (χ0n) is 13.9. The minimum atomic E-state index is 0.0574. The Morgan fingerprint density at radius 1 is 1.04 bits per heavy atom. The van der Waals surface area contributed by atoms with Crippen LogP contribution in [0.15, 0.2) is 43.0 Å². The van der Waals surface area contributed by atoms with E-state index >= 15 is 0 Å². The molecule has 0 aromatic carbocycles. The van der Waals surface area contributed by atoms with Crippen LogP contribution < -0.4 is 4.90 Å². The number of piperazine rings is 1. The van der Waals surface area contributed by atoms with Gasteiger partial charge in [0.2, 0.25) is 5.95 Å². The third-order valence-electron chi connectivity index (χ3n) is 4.21. The van der Waals surface area contributed by atoms with Crippen LogP contribution in [0.2, 0.25) is 0 Å². The highest BCUT2D eigenvalue weighted by atomic mass is 32.1. The molecule has 3 aromatic heterocycles. The van der Waals surface area contributed by atoms with Crippen molar-refractivity contribution in [3.63, 3.8) is 0 Å². The third-order valence-corrected chi connectivity index (χ3v) is 5.37. The summed E-state index contributed by atoms with van der Waals surface area (Å²) in [4.78, 5) is 30.7. The molecule has 8 heteroatoms. The highest BCUT2D eigenvalue weighted by Crippen LogP contribution is 2.24. The number of nitrogens with zero attached hydrogens (tertiary/aromatic N) is 6. The summed E-state index contributed by atoms with van der Waals surface area (Å²) >= 11 is 1.44. The molecule has 1 fully saturated rings. The summed E-state index contributed by atoms with van der Waals surface area (Å²) in [6, 6.07) is 5.70. The quantitative estimate of drug-likeness (QED) is 0.720. The Morgan fingerprint density at radius 3 is 2.40 bits per heavy atom. The molecule has 25 heavy (non-hydrogen) atoms.